The highest BCUT2D eigenvalue weighted by molar-refractivity contribution is 6.31. The molecule has 0 spiro atoms. The van der Waals surface area contributed by atoms with E-state index in [1.54, 1.807) is 14.1 Å². The van der Waals surface area contributed by atoms with E-state index in [9.17, 15) is 14.7 Å². The Hall–Kier alpha value is -1.75. The minimum absolute atomic E-state index is 0.0578. The second-order valence-corrected chi connectivity index (χ2v) is 4.55. The quantitative estimate of drug-likeness (QED) is 0.898. The number of carbonyl (C=O) groups excluding carboxylic acids is 2. The van der Waals surface area contributed by atoms with E-state index in [4.69, 9.17) is 11.6 Å². The topological polar surface area (TPSA) is 60.9 Å². The molecule has 0 heterocycles. The third kappa shape index (κ3) is 3.37. The van der Waals surface area contributed by atoms with E-state index >= 15 is 0 Å². The van der Waals surface area contributed by atoms with Crippen molar-refractivity contribution in [1.82, 2.24) is 9.80 Å². The van der Waals surface area contributed by atoms with Gasteiger partial charge in [0, 0.05) is 26.2 Å². The van der Waals surface area contributed by atoms with Crippen LogP contribution in [0.15, 0.2) is 18.2 Å². The van der Waals surface area contributed by atoms with Gasteiger partial charge >= 0.3 is 0 Å². The van der Waals surface area contributed by atoms with Crippen molar-refractivity contribution in [3.63, 3.8) is 0 Å². The molecule has 0 aromatic heterocycles. The fraction of sp³-hybridized carbons (Fsp3) is 0.333. The van der Waals surface area contributed by atoms with Gasteiger partial charge in [0.05, 0.1) is 12.1 Å². The maximum absolute atomic E-state index is 12.0. The largest absolute Gasteiger partial charge is 0.507 e. The van der Waals surface area contributed by atoms with E-state index < -0.39 is 5.91 Å². The Kier molecular flexibility index (Phi) is 4.55. The summed E-state index contributed by atoms with van der Waals surface area (Å²) >= 11 is 5.76. The Bertz CT molecular complexity index is 474. The molecule has 0 aliphatic carbocycles. The van der Waals surface area contributed by atoms with Crippen molar-refractivity contribution in [3.05, 3.63) is 28.8 Å². The number of amides is 2. The van der Waals surface area contributed by atoms with E-state index in [1.807, 2.05) is 0 Å². The summed E-state index contributed by atoms with van der Waals surface area (Å²) in [6, 6.07) is 4.20. The van der Waals surface area contributed by atoms with Crippen molar-refractivity contribution >= 4 is 23.4 Å². The lowest BCUT2D eigenvalue weighted by Gasteiger charge is -2.19. The van der Waals surface area contributed by atoms with Crippen LogP contribution < -0.4 is 0 Å². The predicted molar refractivity (Wildman–Crippen MR) is 68.8 cm³/mol. The highest BCUT2D eigenvalue weighted by Gasteiger charge is 2.19. The number of phenols is 1. The number of hydrogen-bond donors (Lipinski definition) is 1. The normalized spacial score (nSPS) is 10.0. The number of aromatic hydroxyl groups is 1. The van der Waals surface area contributed by atoms with E-state index in [-0.39, 0.29) is 23.8 Å². The molecule has 0 fully saturated rings. The summed E-state index contributed by atoms with van der Waals surface area (Å²) in [5.41, 5.74) is 0.0801. The van der Waals surface area contributed by atoms with Crippen LogP contribution >= 0.6 is 11.6 Å². The molecule has 0 aliphatic rings. The standard InChI is InChI=1S/C12H15ClN2O3/c1-14(2)11(17)7-15(3)12(18)9-6-8(13)4-5-10(9)16/h4-6,16H,7H2,1-3H3. The van der Waals surface area contributed by atoms with Gasteiger partial charge in [0.1, 0.15) is 5.75 Å². The third-order valence-electron chi connectivity index (χ3n) is 2.41. The summed E-state index contributed by atoms with van der Waals surface area (Å²) in [6.45, 7) is -0.0578. The van der Waals surface area contributed by atoms with Gasteiger partial charge in [-0.2, -0.15) is 0 Å². The van der Waals surface area contributed by atoms with Crippen LogP contribution in [-0.4, -0.2) is 54.4 Å². The molecule has 1 aromatic rings. The Balaban J connectivity index is 2.87. The second-order valence-electron chi connectivity index (χ2n) is 4.11. The van der Waals surface area contributed by atoms with Crippen molar-refractivity contribution in [3.8, 4) is 5.75 Å². The summed E-state index contributed by atoms with van der Waals surface area (Å²) in [5, 5.41) is 9.95. The molecule has 5 nitrogen and oxygen atoms in total. The second kappa shape index (κ2) is 5.73. The summed E-state index contributed by atoms with van der Waals surface area (Å²) in [4.78, 5) is 26.1. The van der Waals surface area contributed by atoms with Gasteiger partial charge < -0.3 is 14.9 Å². The molecule has 0 unspecified atom stereocenters. The number of nitrogens with zero attached hydrogens (tertiary/aromatic N) is 2. The van der Waals surface area contributed by atoms with Gasteiger partial charge in [-0.3, -0.25) is 9.59 Å². The van der Waals surface area contributed by atoms with Crippen molar-refractivity contribution in [1.29, 1.82) is 0 Å². The Labute approximate surface area is 111 Å². The summed E-state index contributed by atoms with van der Waals surface area (Å²) in [6.07, 6.45) is 0. The maximum Gasteiger partial charge on any atom is 0.257 e. The lowest BCUT2D eigenvalue weighted by Crippen LogP contribution is -2.37. The van der Waals surface area contributed by atoms with E-state index in [1.165, 1.54) is 35.0 Å². The summed E-state index contributed by atoms with van der Waals surface area (Å²) in [5.74, 6) is -0.814. The van der Waals surface area contributed by atoms with Crippen LogP contribution in [0.1, 0.15) is 10.4 Å². The summed E-state index contributed by atoms with van der Waals surface area (Å²) < 4.78 is 0. The molecule has 18 heavy (non-hydrogen) atoms. The number of phenolic OH excluding ortho intramolecular Hbond substituents is 1. The first-order valence-corrected chi connectivity index (χ1v) is 5.65. The fourth-order valence-corrected chi connectivity index (χ4v) is 1.47. The maximum atomic E-state index is 12.0. The zero-order valence-corrected chi connectivity index (χ0v) is 11.2. The molecule has 0 aliphatic heterocycles. The third-order valence-corrected chi connectivity index (χ3v) is 2.64. The van der Waals surface area contributed by atoms with Crippen LogP contribution in [0.25, 0.3) is 0 Å². The van der Waals surface area contributed by atoms with Crippen LogP contribution in [0.5, 0.6) is 5.75 Å². The van der Waals surface area contributed by atoms with Gasteiger partial charge in [-0.1, -0.05) is 11.6 Å². The first kappa shape index (κ1) is 14.3. The molecule has 1 N–H and O–H groups in total. The molecular formula is C12H15ClN2O3. The van der Waals surface area contributed by atoms with Crippen molar-refractivity contribution in [2.45, 2.75) is 0 Å². The minimum atomic E-state index is -0.454. The van der Waals surface area contributed by atoms with Crippen LogP contribution in [0.3, 0.4) is 0 Å². The number of rotatable bonds is 3. The van der Waals surface area contributed by atoms with Gasteiger partial charge in [0.25, 0.3) is 5.91 Å². The van der Waals surface area contributed by atoms with E-state index in [0.717, 1.165) is 0 Å². The number of hydrogen-bond acceptors (Lipinski definition) is 3. The first-order valence-electron chi connectivity index (χ1n) is 5.27. The number of likely N-dealkylation sites (N-methyl/N-ethyl adjacent to an activating group) is 2. The summed E-state index contributed by atoms with van der Waals surface area (Å²) in [7, 11) is 4.71. The molecular weight excluding hydrogens is 256 g/mol. The van der Waals surface area contributed by atoms with Crippen LogP contribution in [0.4, 0.5) is 0 Å². The van der Waals surface area contributed by atoms with Crippen LogP contribution in [0.2, 0.25) is 5.02 Å². The first-order chi connectivity index (χ1) is 8.32. The van der Waals surface area contributed by atoms with Gasteiger partial charge in [0.15, 0.2) is 0 Å². The Morgan fingerprint density at radius 3 is 2.44 bits per heavy atom. The fourth-order valence-electron chi connectivity index (χ4n) is 1.30. The molecule has 0 radical (unpaired) electrons. The highest BCUT2D eigenvalue weighted by atomic mass is 35.5. The Morgan fingerprint density at radius 1 is 1.28 bits per heavy atom. The van der Waals surface area contributed by atoms with Gasteiger partial charge in [-0.15, -0.1) is 0 Å². The molecule has 0 saturated carbocycles. The monoisotopic (exact) mass is 270 g/mol. The lowest BCUT2D eigenvalue weighted by atomic mass is 10.2. The van der Waals surface area contributed by atoms with Crippen molar-refractivity contribution in [2.24, 2.45) is 0 Å². The Morgan fingerprint density at radius 2 is 1.89 bits per heavy atom. The molecule has 1 rings (SSSR count). The van der Waals surface area contributed by atoms with E-state index in [2.05, 4.69) is 0 Å². The van der Waals surface area contributed by atoms with Crippen LogP contribution in [-0.2, 0) is 4.79 Å². The van der Waals surface area contributed by atoms with Gasteiger partial charge in [0.2, 0.25) is 5.91 Å². The average Bonchev–Trinajstić information content (AvgIpc) is 2.31. The molecule has 1 aromatic carbocycles. The molecule has 0 atom stereocenters. The zero-order chi connectivity index (χ0) is 13.9. The molecule has 2 amide bonds. The molecule has 98 valence electrons. The van der Waals surface area contributed by atoms with E-state index in [0.29, 0.717) is 5.02 Å². The van der Waals surface area contributed by atoms with Crippen LogP contribution in [0, 0.1) is 0 Å². The minimum Gasteiger partial charge on any atom is -0.507 e. The predicted octanol–water partition coefficient (Wildman–Crippen LogP) is 1.21. The highest BCUT2D eigenvalue weighted by Crippen LogP contribution is 2.22. The van der Waals surface area contributed by atoms with Gasteiger partial charge in [-0.25, -0.2) is 0 Å². The molecule has 0 bridgehead atoms. The number of benzene rings is 1. The van der Waals surface area contributed by atoms with Crippen molar-refractivity contribution in [2.75, 3.05) is 27.7 Å². The number of halogens is 1. The number of carbonyl (C=O) groups is 2. The van der Waals surface area contributed by atoms with Gasteiger partial charge in [-0.05, 0) is 18.2 Å². The zero-order valence-electron chi connectivity index (χ0n) is 10.5. The average molecular weight is 271 g/mol. The lowest BCUT2D eigenvalue weighted by molar-refractivity contribution is -0.129. The smallest absolute Gasteiger partial charge is 0.257 e. The molecule has 6 heteroatoms. The van der Waals surface area contributed by atoms with Crippen molar-refractivity contribution < 1.29 is 14.7 Å². The molecule has 0 saturated heterocycles. The SMILES string of the molecule is CN(C)C(=O)CN(C)C(=O)c1cc(Cl)ccc1O.